The van der Waals surface area contributed by atoms with Crippen LogP contribution in [0.1, 0.15) is 16.7 Å². The molecule has 0 atom stereocenters. The summed E-state index contributed by atoms with van der Waals surface area (Å²) in [6.45, 7) is 0. The third kappa shape index (κ3) is 5.93. The molecule has 0 saturated carbocycles. The number of aromatic hydroxyl groups is 1. The van der Waals surface area contributed by atoms with Gasteiger partial charge in [0, 0.05) is 11.6 Å². The first-order valence-corrected chi connectivity index (χ1v) is 10.6. The molecule has 3 aromatic rings. The second-order valence-corrected chi connectivity index (χ2v) is 7.37. The van der Waals surface area contributed by atoms with Crippen molar-refractivity contribution in [2.75, 3.05) is 33.8 Å². The maximum absolute atomic E-state index is 13.4. The number of ether oxygens (including phenoxy) is 4. The molecular formula is C27H25F2NO6. The average Bonchev–Trinajstić information content (AvgIpc) is 2.88. The average molecular weight is 497 g/mol. The van der Waals surface area contributed by atoms with Crippen molar-refractivity contribution in [1.82, 2.24) is 0 Å². The van der Waals surface area contributed by atoms with E-state index in [-0.39, 0.29) is 17.2 Å². The van der Waals surface area contributed by atoms with Crippen LogP contribution in [0.15, 0.2) is 48.5 Å². The lowest BCUT2D eigenvalue weighted by atomic mass is 10.1. The number of hydrogen-bond acceptors (Lipinski definition) is 6. The molecule has 3 aromatic carbocycles. The lowest BCUT2D eigenvalue weighted by Crippen LogP contribution is -2.09. The van der Waals surface area contributed by atoms with Crippen LogP contribution in [0.5, 0.6) is 28.7 Å². The largest absolute Gasteiger partial charge is 0.503 e. The fraction of sp³-hybridized carbons (Fsp3) is 0.148. The zero-order valence-corrected chi connectivity index (χ0v) is 20.1. The van der Waals surface area contributed by atoms with Gasteiger partial charge in [0.2, 0.25) is 11.7 Å². The van der Waals surface area contributed by atoms with E-state index in [1.54, 1.807) is 36.4 Å². The quantitative estimate of drug-likeness (QED) is 0.230. The van der Waals surface area contributed by atoms with E-state index < -0.39 is 17.5 Å². The smallest absolute Gasteiger partial charge is 0.248 e. The molecule has 1 amide bonds. The van der Waals surface area contributed by atoms with E-state index in [0.29, 0.717) is 33.9 Å². The number of carbonyl (C=O) groups is 1. The van der Waals surface area contributed by atoms with Gasteiger partial charge in [0.05, 0.1) is 34.1 Å². The van der Waals surface area contributed by atoms with Crippen molar-refractivity contribution in [3.05, 3.63) is 76.9 Å². The first-order chi connectivity index (χ1) is 17.3. The maximum Gasteiger partial charge on any atom is 0.248 e. The number of benzene rings is 3. The van der Waals surface area contributed by atoms with E-state index in [2.05, 4.69) is 5.32 Å². The van der Waals surface area contributed by atoms with Crippen LogP contribution in [0.4, 0.5) is 14.5 Å². The SMILES string of the molecule is COc1ccc(C=Cc2cc(OC)c(OC)c(OC)c2)c(NC(=O)/C=C/c2ccc(F)c(F)c2)c1O. The fourth-order valence-electron chi connectivity index (χ4n) is 3.36. The number of methoxy groups -OCH3 is 4. The Bertz CT molecular complexity index is 1290. The van der Waals surface area contributed by atoms with Gasteiger partial charge in [0.15, 0.2) is 34.6 Å². The monoisotopic (exact) mass is 497 g/mol. The number of phenols is 1. The molecule has 3 rings (SSSR count). The lowest BCUT2D eigenvalue weighted by molar-refractivity contribution is -0.111. The highest BCUT2D eigenvalue weighted by Crippen LogP contribution is 2.40. The molecule has 0 heterocycles. The van der Waals surface area contributed by atoms with Crippen LogP contribution in [-0.4, -0.2) is 39.5 Å². The standard InChI is InChI=1S/C27H25F2NO6/c1-33-21-11-9-18(8-5-17-14-22(34-2)27(36-4)23(15-17)35-3)25(26(21)32)30-24(31)12-7-16-6-10-19(28)20(29)13-16/h5-15,32H,1-4H3,(H,30,31)/b8-5?,12-7+. The molecular weight excluding hydrogens is 472 g/mol. The zero-order chi connectivity index (χ0) is 26.2. The second-order valence-electron chi connectivity index (χ2n) is 7.37. The highest BCUT2D eigenvalue weighted by molar-refractivity contribution is 6.04. The van der Waals surface area contributed by atoms with Crippen LogP contribution in [0.3, 0.4) is 0 Å². The van der Waals surface area contributed by atoms with E-state index in [9.17, 15) is 18.7 Å². The summed E-state index contributed by atoms with van der Waals surface area (Å²) in [5.74, 6) is -1.37. The molecule has 0 aliphatic carbocycles. The summed E-state index contributed by atoms with van der Waals surface area (Å²) in [5, 5.41) is 13.3. The summed E-state index contributed by atoms with van der Waals surface area (Å²) >= 11 is 0. The first kappa shape index (κ1) is 26.1. The summed E-state index contributed by atoms with van der Waals surface area (Å²) in [7, 11) is 5.91. The molecule has 0 unspecified atom stereocenters. The van der Waals surface area contributed by atoms with Crippen molar-refractivity contribution in [1.29, 1.82) is 0 Å². The fourth-order valence-corrected chi connectivity index (χ4v) is 3.36. The van der Waals surface area contributed by atoms with Crippen molar-refractivity contribution in [2.45, 2.75) is 0 Å². The molecule has 0 saturated heterocycles. The Morgan fingerprint density at radius 2 is 1.44 bits per heavy atom. The van der Waals surface area contributed by atoms with Crippen molar-refractivity contribution >= 4 is 29.8 Å². The van der Waals surface area contributed by atoms with Gasteiger partial charge in [0.25, 0.3) is 0 Å². The summed E-state index contributed by atoms with van der Waals surface area (Å²) in [4.78, 5) is 12.6. The lowest BCUT2D eigenvalue weighted by Gasteiger charge is -2.14. The van der Waals surface area contributed by atoms with Crippen LogP contribution >= 0.6 is 0 Å². The minimum absolute atomic E-state index is 0.0954. The molecule has 188 valence electrons. The predicted octanol–water partition coefficient (Wildman–Crippen LogP) is 5.53. The van der Waals surface area contributed by atoms with Gasteiger partial charge in [-0.3, -0.25) is 4.79 Å². The highest BCUT2D eigenvalue weighted by Gasteiger charge is 2.15. The van der Waals surface area contributed by atoms with E-state index in [1.807, 2.05) is 0 Å². The molecule has 0 aliphatic rings. The Labute approximate surface area is 207 Å². The molecule has 0 bridgehead atoms. The zero-order valence-electron chi connectivity index (χ0n) is 20.1. The number of rotatable bonds is 9. The topological polar surface area (TPSA) is 86.3 Å². The van der Waals surface area contributed by atoms with E-state index >= 15 is 0 Å². The number of carbonyl (C=O) groups excluding carboxylic acids is 1. The predicted molar refractivity (Wildman–Crippen MR) is 134 cm³/mol. The Balaban J connectivity index is 1.92. The second kappa shape index (κ2) is 11.7. The number of halogens is 2. The summed E-state index contributed by atoms with van der Waals surface area (Å²) in [6.07, 6.45) is 5.87. The molecule has 7 nitrogen and oxygen atoms in total. The van der Waals surface area contributed by atoms with Gasteiger partial charge in [-0.25, -0.2) is 8.78 Å². The van der Waals surface area contributed by atoms with Crippen LogP contribution < -0.4 is 24.3 Å². The summed E-state index contributed by atoms with van der Waals surface area (Å²) in [6, 6.07) is 9.95. The van der Waals surface area contributed by atoms with Crippen LogP contribution in [0.25, 0.3) is 18.2 Å². The number of phenolic OH excluding ortho intramolecular Hbond substituents is 1. The van der Waals surface area contributed by atoms with Gasteiger partial charge in [-0.1, -0.05) is 18.2 Å². The number of hydrogen-bond donors (Lipinski definition) is 2. The third-order valence-corrected chi connectivity index (χ3v) is 5.15. The molecule has 0 fully saturated rings. The van der Waals surface area contributed by atoms with Gasteiger partial charge < -0.3 is 29.4 Å². The minimum atomic E-state index is -1.03. The first-order valence-electron chi connectivity index (χ1n) is 10.6. The minimum Gasteiger partial charge on any atom is -0.503 e. The third-order valence-electron chi connectivity index (χ3n) is 5.15. The van der Waals surface area contributed by atoms with Gasteiger partial charge in [-0.05, 0) is 53.6 Å². The Morgan fingerprint density at radius 1 is 0.778 bits per heavy atom. The number of amides is 1. The van der Waals surface area contributed by atoms with Gasteiger partial charge in [-0.2, -0.15) is 0 Å². The van der Waals surface area contributed by atoms with E-state index in [4.69, 9.17) is 18.9 Å². The number of anilines is 1. The van der Waals surface area contributed by atoms with Gasteiger partial charge in [0.1, 0.15) is 0 Å². The van der Waals surface area contributed by atoms with Gasteiger partial charge >= 0.3 is 0 Å². The maximum atomic E-state index is 13.4. The van der Waals surface area contributed by atoms with Crippen LogP contribution in [-0.2, 0) is 4.79 Å². The molecule has 0 spiro atoms. The van der Waals surface area contributed by atoms with Gasteiger partial charge in [-0.15, -0.1) is 0 Å². The Morgan fingerprint density at radius 3 is 2.03 bits per heavy atom. The van der Waals surface area contributed by atoms with E-state index in [1.165, 1.54) is 40.6 Å². The normalized spacial score (nSPS) is 11.1. The molecule has 0 aliphatic heterocycles. The Hall–Kier alpha value is -4.53. The summed E-state index contributed by atoms with van der Waals surface area (Å²) in [5.41, 5.74) is 1.56. The van der Waals surface area contributed by atoms with Crippen LogP contribution in [0, 0.1) is 11.6 Å². The van der Waals surface area contributed by atoms with Crippen molar-refractivity contribution in [3.63, 3.8) is 0 Å². The van der Waals surface area contributed by atoms with Crippen LogP contribution in [0.2, 0.25) is 0 Å². The molecule has 0 radical (unpaired) electrons. The van der Waals surface area contributed by atoms with Crippen molar-refractivity contribution in [3.8, 4) is 28.7 Å². The molecule has 0 aromatic heterocycles. The highest BCUT2D eigenvalue weighted by atomic mass is 19.2. The van der Waals surface area contributed by atoms with Crippen molar-refractivity contribution in [2.24, 2.45) is 0 Å². The molecule has 9 heteroatoms. The Kier molecular flexibility index (Phi) is 8.51. The van der Waals surface area contributed by atoms with Crippen molar-refractivity contribution < 1.29 is 37.6 Å². The van der Waals surface area contributed by atoms with E-state index in [0.717, 1.165) is 18.2 Å². The summed E-state index contributed by atoms with van der Waals surface area (Å²) < 4.78 is 47.8. The molecule has 2 N–H and O–H groups in total. The molecule has 36 heavy (non-hydrogen) atoms. The number of nitrogens with one attached hydrogen (secondary N) is 1.